The second-order valence-corrected chi connectivity index (χ2v) is 11.3. The van der Waals surface area contributed by atoms with Crippen LogP contribution in [-0.2, 0) is 11.2 Å². The number of nitrogens with two attached hydrogens (primary N) is 1. The number of likely N-dealkylation sites (tertiary alicyclic amines) is 2. The molecule has 0 unspecified atom stereocenters. The Morgan fingerprint density at radius 2 is 1.86 bits per heavy atom. The van der Waals surface area contributed by atoms with Crippen LogP contribution in [0.5, 0.6) is 0 Å². The molecular weight excluding hydrogens is 540 g/mol. The van der Waals surface area contributed by atoms with Gasteiger partial charge in [0.15, 0.2) is 0 Å². The standard InChI is InChI=1S/C33H38N8O2/c1-2-7-23-14-15-35-27(22-23)37-33(43)25-12-10-24(11-13-25)29-30-31(34)36-16-21-41(30)32(38-29)26-8-5-20-40(26)28(42)9-6-19-39-17-3-4-18-39/h6,9-16,21-22,26H,2-5,7-8,17-20H2,1H3,(H2,34,36)(H,35,37,43)/b9-6+/t26-/m0/s1. The SMILES string of the molecule is CCCc1ccnc(NC(=O)c2ccc(-c3nc([C@@H]4CCCN4C(=O)/C=C/CN4CCCC4)n4ccnc(N)c34)cc2)c1. The largest absolute Gasteiger partial charge is 0.382 e. The molecule has 2 aliphatic heterocycles. The highest BCUT2D eigenvalue weighted by molar-refractivity contribution is 6.04. The number of benzene rings is 1. The zero-order chi connectivity index (χ0) is 29.8. The number of carbonyl (C=O) groups is 2. The van der Waals surface area contributed by atoms with Gasteiger partial charge in [-0.15, -0.1) is 0 Å². The predicted octanol–water partition coefficient (Wildman–Crippen LogP) is 4.89. The Labute approximate surface area is 251 Å². The number of aromatic nitrogens is 4. The van der Waals surface area contributed by atoms with Gasteiger partial charge in [0.05, 0.1) is 6.04 Å². The monoisotopic (exact) mass is 578 g/mol. The van der Waals surface area contributed by atoms with Crippen molar-refractivity contribution in [2.45, 2.75) is 51.5 Å². The Bertz CT molecular complexity index is 1640. The topological polar surface area (TPSA) is 122 Å². The summed E-state index contributed by atoms with van der Waals surface area (Å²) in [4.78, 5) is 44.2. The first-order valence-corrected chi connectivity index (χ1v) is 15.2. The molecule has 2 aliphatic rings. The lowest BCUT2D eigenvalue weighted by Crippen LogP contribution is -2.30. The Hall–Kier alpha value is -4.57. The van der Waals surface area contributed by atoms with Gasteiger partial charge < -0.3 is 16.0 Å². The van der Waals surface area contributed by atoms with Crippen molar-refractivity contribution in [1.29, 1.82) is 0 Å². The molecule has 2 saturated heterocycles. The highest BCUT2D eigenvalue weighted by atomic mass is 16.2. The summed E-state index contributed by atoms with van der Waals surface area (Å²) in [6, 6.07) is 11.0. The van der Waals surface area contributed by atoms with Crippen molar-refractivity contribution in [2.24, 2.45) is 0 Å². The van der Waals surface area contributed by atoms with Crippen LogP contribution in [0, 0.1) is 0 Å². The van der Waals surface area contributed by atoms with Crippen LogP contribution in [0.15, 0.2) is 67.1 Å². The summed E-state index contributed by atoms with van der Waals surface area (Å²) in [7, 11) is 0. The summed E-state index contributed by atoms with van der Waals surface area (Å²) in [5.41, 5.74) is 10.2. The highest BCUT2D eigenvalue weighted by Gasteiger charge is 2.33. The van der Waals surface area contributed by atoms with Gasteiger partial charge in [-0.05, 0) is 75.0 Å². The summed E-state index contributed by atoms with van der Waals surface area (Å²) >= 11 is 0. The summed E-state index contributed by atoms with van der Waals surface area (Å²) in [6.07, 6.45) is 15.0. The Morgan fingerprint density at radius 3 is 2.65 bits per heavy atom. The Morgan fingerprint density at radius 1 is 1.05 bits per heavy atom. The number of nitrogens with zero attached hydrogens (tertiary/aromatic N) is 6. The fourth-order valence-corrected chi connectivity index (χ4v) is 6.14. The van der Waals surface area contributed by atoms with Gasteiger partial charge >= 0.3 is 0 Å². The number of imidazole rings is 1. The van der Waals surface area contributed by atoms with Crippen LogP contribution in [0.3, 0.4) is 0 Å². The molecule has 10 nitrogen and oxygen atoms in total. The first-order valence-electron chi connectivity index (χ1n) is 15.2. The number of nitrogen functional groups attached to an aromatic ring is 1. The van der Waals surface area contributed by atoms with Crippen molar-refractivity contribution in [1.82, 2.24) is 29.2 Å². The summed E-state index contributed by atoms with van der Waals surface area (Å²) in [6.45, 7) is 5.80. The Kier molecular flexibility index (Phi) is 8.46. The number of fused-ring (bicyclic) bond motifs is 1. The van der Waals surface area contributed by atoms with E-state index in [2.05, 4.69) is 27.1 Å². The molecule has 10 heteroatoms. The van der Waals surface area contributed by atoms with E-state index in [1.165, 1.54) is 12.8 Å². The number of rotatable bonds is 9. The summed E-state index contributed by atoms with van der Waals surface area (Å²) < 4.78 is 1.96. The number of carbonyl (C=O) groups excluding carboxylic acids is 2. The van der Waals surface area contributed by atoms with Gasteiger partial charge in [0, 0.05) is 48.9 Å². The minimum Gasteiger partial charge on any atom is -0.382 e. The molecule has 0 spiro atoms. The highest BCUT2D eigenvalue weighted by Crippen LogP contribution is 2.36. The van der Waals surface area contributed by atoms with Crippen LogP contribution in [0.2, 0.25) is 0 Å². The minimum atomic E-state index is -0.234. The van der Waals surface area contributed by atoms with Crippen molar-refractivity contribution in [3.8, 4) is 11.3 Å². The third-order valence-corrected chi connectivity index (χ3v) is 8.29. The van der Waals surface area contributed by atoms with E-state index in [1.54, 1.807) is 30.6 Å². The minimum absolute atomic E-state index is 0.00658. The van der Waals surface area contributed by atoms with E-state index in [0.717, 1.165) is 62.3 Å². The molecule has 2 amide bonds. The van der Waals surface area contributed by atoms with Gasteiger partial charge in [-0.2, -0.15) is 0 Å². The van der Waals surface area contributed by atoms with Crippen molar-refractivity contribution in [3.05, 3.63) is 84.1 Å². The maximum absolute atomic E-state index is 13.3. The number of anilines is 2. The number of pyridine rings is 1. The lowest BCUT2D eigenvalue weighted by molar-refractivity contribution is -0.127. The van der Waals surface area contributed by atoms with Gasteiger partial charge in [-0.3, -0.25) is 18.9 Å². The van der Waals surface area contributed by atoms with Gasteiger partial charge in [-0.25, -0.2) is 15.0 Å². The second-order valence-electron chi connectivity index (χ2n) is 11.3. The zero-order valence-electron chi connectivity index (χ0n) is 24.6. The zero-order valence-corrected chi connectivity index (χ0v) is 24.6. The molecule has 3 N–H and O–H groups in total. The van der Waals surface area contributed by atoms with E-state index in [4.69, 9.17) is 10.7 Å². The lowest BCUT2D eigenvalue weighted by Gasteiger charge is -2.22. The normalized spacial score (nSPS) is 17.3. The first kappa shape index (κ1) is 28.5. The molecule has 5 heterocycles. The predicted molar refractivity (Wildman–Crippen MR) is 168 cm³/mol. The number of hydrogen-bond donors (Lipinski definition) is 2. The smallest absolute Gasteiger partial charge is 0.256 e. The molecule has 1 aromatic carbocycles. The summed E-state index contributed by atoms with van der Waals surface area (Å²) in [5, 5.41) is 2.90. The molecule has 2 fully saturated rings. The van der Waals surface area contributed by atoms with Gasteiger partial charge in [0.1, 0.15) is 28.7 Å². The molecule has 43 heavy (non-hydrogen) atoms. The molecule has 0 aliphatic carbocycles. The average molecular weight is 579 g/mol. The lowest BCUT2D eigenvalue weighted by atomic mass is 10.1. The number of hydrogen-bond acceptors (Lipinski definition) is 7. The fourth-order valence-electron chi connectivity index (χ4n) is 6.14. The maximum Gasteiger partial charge on any atom is 0.256 e. The van der Waals surface area contributed by atoms with E-state index in [9.17, 15) is 9.59 Å². The van der Waals surface area contributed by atoms with Crippen LogP contribution in [0.25, 0.3) is 16.8 Å². The number of aryl methyl sites for hydroxylation is 1. The van der Waals surface area contributed by atoms with E-state index in [1.807, 2.05) is 45.8 Å². The molecule has 6 rings (SSSR count). The fraction of sp³-hybridized carbons (Fsp3) is 0.364. The third kappa shape index (κ3) is 6.15. The average Bonchev–Trinajstić information content (AvgIpc) is 3.78. The second kappa shape index (κ2) is 12.7. The molecule has 222 valence electrons. The molecule has 0 saturated carbocycles. The van der Waals surface area contributed by atoms with Crippen LogP contribution in [-0.4, -0.2) is 67.1 Å². The molecule has 3 aromatic heterocycles. The molecular formula is C33H38N8O2. The molecule has 4 aromatic rings. The van der Waals surface area contributed by atoms with Crippen LogP contribution < -0.4 is 11.1 Å². The van der Waals surface area contributed by atoms with Crippen molar-refractivity contribution in [2.75, 3.05) is 37.2 Å². The molecule has 0 bridgehead atoms. The third-order valence-electron chi connectivity index (χ3n) is 8.29. The number of nitrogens with one attached hydrogen (secondary N) is 1. The van der Waals surface area contributed by atoms with E-state index in [-0.39, 0.29) is 17.9 Å². The molecule has 1 atom stereocenters. The maximum atomic E-state index is 13.3. The van der Waals surface area contributed by atoms with Crippen LogP contribution >= 0.6 is 0 Å². The van der Waals surface area contributed by atoms with Crippen LogP contribution in [0.1, 0.15) is 66.8 Å². The van der Waals surface area contributed by atoms with Gasteiger partial charge in [-0.1, -0.05) is 31.6 Å². The van der Waals surface area contributed by atoms with Crippen molar-refractivity contribution >= 4 is 29.0 Å². The Balaban J connectivity index is 1.24. The quantitative estimate of drug-likeness (QED) is 0.271. The van der Waals surface area contributed by atoms with E-state index < -0.39 is 0 Å². The van der Waals surface area contributed by atoms with E-state index in [0.29, 0.717) is 35.0 Å². The first-order chi connectivity index (χ1) is 21.0. The van der Waals surface area contributed by atoms with Crippen molar-refractivity contribution in [3.63, 3.8) is 0 Å². The summed E-state index contributed by atoms with van der Waals surface area (Å²) in [5.74, 6) is 1.43. The molecule has 0 radical (unpaired) electrons. The van der Waals surface area contributed by atoms with Gasteiger partial charge in [0.2, 0.25) is 5.91 Å². The number of amides is 2. The van der Waals surface area contributed by atoms with Crippen molar-refractivity contribution < 1.29 is 9.59 Å². The van der Waals surface area contributed by atoms with Gasteiger partial charge in [0.25, 0.3) is 5.91 Å². The van der Waals surface area contributed by atoms with E-state index >= 15 is 0 Å². The van der Waals surface area contributed by atoms with Crippen LogP contribution in [0.4, 0.5) is 11.6 Å².